The highest BCUT2D eigenvalue weighted by Gasteiger charge is 2.05. The van der Waals surface area contributed by atoms with Gasteiger partial charge in [0, 0.05) is 11.0 Å². The van der Waals surface area contributed by atoms with Crippen LogP contribution < -0.4 is 4.72 Å². The maximum absolute atomic E-state index is 11.2. The summed E-state index contributed by atoms with van der Waals surface area (Å²) >= 11 is 3.32. The van der Waals surface area contributed by atoms with Crippen molar-refractivity contribution in [3.63, 3.8) is 0 Å². The van der Waals surface area contributed by atoms with Gasteiger partial charge in [0.2, 0.25) is 10.0 Å². The first-order valence-corrected chi connectivity index (χ1v) is 7.00. The fourth-order valence-electron chi connectivity index (χ4n) is 0.914. The Kier molecular flexibility index (Phi) is 3.95. The highest BCUT2D eigenvalue weighted by molar-refractivity contribution is 9.08. The fourth-order valence-corrected chi connectivity index (χ4v) is 1.93. The van der Waals surface area contributed by atoms with E-state index in [1.807, 2.05) is 12.1 Å². The standard InChI is InChI=1S/C9H12BrNO2S/c1-2-14(12,13)11-9-5-3-8(7-10)4-6-9/h3-6,11H,2,7H2,1H3. The number of rotatable bonds is 4. The van der Waals surface area contributed by atoms with Crippen LogP contribution in [0.25, 0.3) is 0 Å². The maximum atomic E-state index is 11.2. The molecule has 1 rings (SSSR count). The molecule has 0 saturated heterocycles. The van der Waals surface area contributed by atoms with E-state index in [2.05, 4.69) is 20.7 Å². The number of alkyl halides is 1. The van der Waals surface area contributed by atoms with E-state index in [-0.39, 0.29) is 5.75 Å². The van der Waals surface area contributed by atoms with E-state index in [1.165, 1.54) is 0 Å². The molecule has 1 N–H and O–H groups in total. The van der Waals surface area contributed by atoms with Crippen LogP contribution in [0.3, 0.4) is 0 Å². The van der Waals surface area contributed by atoms with Crippen molar-refractivity contribution in [2.75, 3.05) is 10.5 Å². The Hall–Kier alpha value is -0.550. The molecule has 0 spiro atoms. The van der Waals surface area contributed by atoms with Gasteiger partial charge in [-0.1, -0.05) is 28.1 Å². The first kappa shape index (κ1) is 11.5. The maximum Gasteiger partial charge on any atom is 0.232 e. The van der Waals surface area contributed by atoms with E-state index in [1.54, 1.807) is 19.1 Å². The van der Waals surface area contributed by atoms with Crippen LogP contribution in [0.1, 0.15) is 12.5 Å². The quantitative estimate of drug-likeness (QED) is 0.859. The second-order valence-corrected chi connectivity index (χ2v) is 5.41. The molecule has 0 fully saturated rings. The average molecular weight is 278 g/mol. The van der Waals surface area contributed by atoms with Crippen molar-refractivity contribution in [1.82, 2.24) is 0 Å². The van der Waals surface area contributed by atoms with Gasteiger partial charge in [-0.15, -0.1) is 0 Å². The summed E-state index contributed by atoms with van der Waals surface area (Å²) in [6.07, 6.45) is 0. The molecule has 1 aromatic rings. The van der Waals surface area contributed by atoms with Crippen LogP contribution in [0.4, 0.5) is 5.69 Å². The third kappa shape index (κ3) is 3.31. The van der Waals surface area contributed by atoms with E-state index in [0.717, 1.165) is 10.9 Å². The van der Waals surface area contributed by atoms with Crippen LogP contribution in [0.2, 0.25) is 0 Å². The highest BCUT2D eigenvalue weighted by Crippen LogP contribution is 2.13. The monoisotopic (exact) mass is 277 g/mol. The molecule has 3 nitrogen and oxygen atoms in total. The predicted octanol–water partition coefficient (Wildman–Crippen LogP) is 2.34. The van der Waals surface area contributed by atoms with E-state index in [9.17, 15) is 8.42 Å². The van der Waals surface area contributed by atoms with Crippen molar-refractivity contribution in [2.24, 2.45) is 0 Å². The lowest BCUT2D eigenvalue weighted by atomic mass is 10.2. The number of hydrogen-bond acceptors (Lipinski definition) is 2. The van der Waals surface area contributed by atoms with Crippen molar-refractivity contribution in [1.29, 1.82) is 0 Å². The zero-order valence-corrected chi connectivity index (χ0v) is 10.2. The van der Waals surface area contributed by atoms with Gasteiger partial charge in [0.05, 0.1) is 5.75 Å². The molecule has 14 heavy (non-hydrogen) atoms. The minimum atomic E-state index is -3.15. The molecule has 0 aliphatic rings. The molecular formula is C9H12BrNO2S. The summed E-state index contributed by atoms with van der Waals surface area (Å²) in [5, 5.41) is 0.772. The third-order valence-corrected chi connectivity index (χ3v) is 3.72. The Morgan fingerprint density at radius 1 is 1.29 bits per heavy atom. The summed E-state index contributed by atoms with van der Waals surface area (Å²) in [6.45, 7) is 1.61. The van der Waals surface area contributed by atoms with Crippen LogP contribution in [-0.2, 0) is 15.4 Å². The SMILES string of the molecule is CCS(=O)(=O)Nc1ccc(CBr)cc1. The van der Waals surface area contributed by atoms with Gasteiger partial charge in [0.15, 0.2) is 0 Å². The molecule has 0 amide bonds. The van der Waals surface area contributed by atoms with Crippen molar-refractivity contribution >= 4 is 31.6 Å². The van der Waals surface area contributed by atoms with Gasteiger partial charge < -0.3 is 0 Å². The van der Waals surface area contributed by atoms with Crippen LogP contribution in [0.15, 0.2) is 24.3 Å². The molecule has 0 aliphatic carbocycles. The molecule has 0 bridgehead atoms. The van der Waals surface area contributed by atoms with Crippen LogP contribution in [0, 0.1) is 0 Å². The van der Waals surface area contributed by atoms with E-state index in [0.29, 0.717) is 5.69 Å². The second kappa shape index (κ2) is 4.79. The molecule has 0 aromatic heterocycles. The number of halogens is 1. The van der Waals surface area contributed by atoms with Crippen molar-refractivity contribution < 1.29 is 8.42 Å². The summed E-state index contributed by atoms with van der Waals surface area (Å²) in [5.74, 6) is 0.0905. The van der Waals surface area contributed by atoms with Crippen LogP contribution in [0.5, 0.6) is 0 Å². The summed E-state index contributed by atoms with van der Waals surface area (Å²) < 4.78 is 24.9. The molecule has 0 atom stereocenters. The lowest BCUT2D eigenvalue weighted by Gasteiger charge is -2.05. The topological polar surface area (TPSA) is 46.2 Å². The summed E-state index contributed by atoms with van der Waals surface area (Å²) in [6, 6.07) is 7.26. The minimum absolute atomic E-state index is 0.0905. The van der Waals surface area contributed by atoms with Crippen molar-refractivity contribution in [3.8, 4) is 0 Å². The average Bonchev–Trinajstić information content (AvgIpc) is 2.19. The Labute approximate surface area is 92.7 Å². The molecule has 1 aromatic carbocycles. The summed E-state index contributed by atoms with van der Waals surface area (Å²) in [7, 11) is -3.15. The molecule has 0 heterocycles. The first-order chi connectivity index (χ1) is 6.57. The van der Waals surface area contributed by atoms with Crippen molar-refractivity contribution in [2.45, 2.75) is 12.3 Å². The van der Waals surface area contributed by atoms with Crippen molar-refractivity contribution in [3.05, 3.63) is 29.8 Å². The number of benzene rings is 1. The van der Waals surface area contributed by atoms with Crippen LogP contribution >= 0.6 is 15.9 Å². The Bertz CT molecular complexity index is 386. The fraction of sp³-hybridized carbons (Fsp3) is 0.333. The molecular weight excluding hydrogens is 266 g/mol. The number of anilines is 1. The van der Waals surface area contributed by atoms with Gasteiger partial charge in [-0.05, 0) is 24.6 Å². The Balaban J connectivity index is 2.79. The molecule has 0 radical (unpaired) electrons. The van der Waals surface area contributed by atoms with Crippen LogP contribution in [-0.4, -0.2) is 14.2 Å². The van der Waals surface area contributed by atoms with E-state index in [4.69, 9.17) is 0 Å². The number of nitrogens with one attached hydrogen (secondary N) is 1. The van der Waals surface area contributed by atoms with Gasteiger partial charge in [-0.3, -0.25) is 4.72 Å². The molecule has 0 saturated carbocycles. The van der Waals surface area contributed by atoms with Gasteiger partial charge in [-0.2, -0.15) is 0 Å². The van der Waals surface area contributed by atoms with E-state index >= 15 is 0 Å². The van der Waals surface area contributed by atoms with Gasteiger partial charge in [-0.25, -0.2) is 8.42 Å². The smallest absolute Gasteiger partial charge is 0.232 e. The lowest BCUT2D eigenvalue weighted by Crippen LogP contribution is -2.14. The Morgan fingerprint density at radius 3 is 2.29 bits per heavy atom. The lowest BCUT2D eigenvalue weighted by molar-refractivity contribution is 0.602. The molecule has 0 aliphatic heterocycles. The predicted molar refractivity (Wildman–Crippen MR) is 62.2 cm³/mol. The minimum Gasteiger partial charge on any atom is -0.284 e. The largest absolute Gasteiger partial charge is 0.284 e. The van der Waals surface area contributed by atoms with Gasteiger partial charge in [0.25, 0.3) is 0 Å². The highest BCUT2D eigenvalue weighted by atomic mass is 79.9. The molecule has 78 valence electrons. The first-order valence-electron chi connectivity index (χ1n) is 4.23. The number of hydrogen-bond donors (Lipinski definition) is 1. The van der Waals surface area contributed by atoms with E-state index < -0.39 is 10.0 Å². The molecule has 5 heteroatoms. The summed E-state index contributed by atoms with van der Waals surface area (Å²) in [5.41, 5.74) is 1.72. The summed E-state index contributed by atoms with van der Waals surface area (Å²) in [4.78, 5) is 0. The number of sulfonamides is 1. The third-order valence-electron chi connectivity index (χ3n) is 1.76. The zero-order valence-electron chi connectivity index (χ0n) is 7.83. The van der Waals surface area contributed by atoms with Gasteiger partial charge >= 0.3 is 0 Å². The molecule has 0 unspecified atom stereocenters. The zero-order chi connectivity index (χ0) is 10.6. The van der Waals surface area contributed by atoms with Gasteiger partial charge in [0.1, 0.15) is 0 Å². The second-order valence-electron chi connectivity index (χ2n) is 2.84. The Morgan fingerprint density at radius 2 is 1.86 bits per heavy atom. The normalized spacial score (nSPS) is 11.3.